The third-order valence-corrected chi connectivity index (χ3v) is 2.44. The maximum Gasteiger partial charge on any atom is 0.333 e. The van der Waals surface area contributed by atoms with Crippen LogP contribution < -0.4 is 0 Å². The highest BCUT2D eigenvalue weighted by Gasteiger charge is 2.19. The van der Waals surface area contributed by atoms with Crippen LogP contribution in [0.15, 0.2) is 29.0 Å². The Bertz CT molecular complexity index is 521. The molecule has 2 rings (SSSR count). The van der Waals surface area contributed by atoms with Gasteiger partial charge in [0.05, 0.1) is 0 Å². The molecule has 0 aromatic carbocycles. The Morgan fingerprint density at radius 2 is 2.00 bits per heavy atom. The summed E-state index contributed by atoms with van der Waals surface area (Å²) in [6, 6.07) is 3.32. The van der Waals surface area contributed by atoms with Gasteiger partial charge in [0.2, 0.25) is 0 Å². The minimum atomic E-state index is -4.16. The number of nitrogens with zero attached hydrogens (tertiary/aromatic N) is 3. The maximum atomic E-state index is 10.7. The molecule has 0 unspecified atom stereocenters. The van der Waals surface area contributed by atoms with Gasteiger partial charge in [0.25, 0.3) is 5.89 Å². The van der Waals surface area contributed by atoms with E-state index in [-0.39, 0.29) is 11.7 Å². The van der Waals surface area contributed by atoms with Crippen LogP contribution in [0, 0.1) is 0 Å². The van der Waals surface area contributed by atoms with E-state index in [2.05, 4.69) is 15.1 Å². The van der Waals surface area contributed by atoms with Gasteiger partial charge in [-0.1, -0.05) is 5.16 Å². The van der Waals surface area contributed by atoms with Crippen LogP contribution in [0.2, 0.25) is 0 Å². The molecule has 2 aromatic heterocycles. The fraction of sp³-hybridized carbons (Fsp3) is 0.125. The van der Waals surface area contributed by atoms with Crippen molar-refractivity contribution in [3.8, 4) is 11.5 Å². The van der Waals surface area contributed by atoms with E-state index in [1.807, 2.05) is 0 Å². The molecule has 0 radical (unpaired) electrons. The second-order valence-electron chi connectivity index (χ2n) is 3.07. The quantitative estimate of drug-likeness (QED) is 0.765. The Labute approximate surface area is 90.3 Å². The topological polar surface area (TPSA) is 109 Å². The molecular weight excluding hydrogens is 233 g/mol. The highest BCUT2D eigenvalue weighted by molar-refractivity contribution is 7.50. The molecule has 2 heterocycles. The molecule has 0 aliphatic rings. The molecule has 0 amide bonds. The minimum Gasteiger partial charge on any atom is -0.334 e. The molecule has 0 atom stereocenters. The Morgan fingerprint density at radius 3 is 2.62 bits per heavy atom. The SMILES string of the molecule is O=P(O)(O)Cc1noc(-c2ccncc2)n1. The number of aromatic nitrogens is 3. The average Bonchev–Trinajstić information content (AvgIpc) is 2.65. The van der Waals surface area contributed by atoms with E-state index in [9.17, 15) is 4.57 Å². The molecule has 0 saturated carbocycles. The molecule has 0 aliphatic carbocycles. The van der Waals surface area contributed by atoms with Gasteiger partial charge in [0.15, 0.2) is 5.82 Å². The standard InChI is InChI=1S/C8H8N3O4P/c12-16(13,14)5-7-10-8(15-11-7)6-1-3-9-4-2-6/h1-4H,5H2,(H2,12,13,14). The predicted molar refractivity (Wildman–Crippen MR) is 53.3 cm³/mol. The fourth-order valence-electron chi connectivity index (χ4n) is 1.11. The molecule has 8 heteroatoms. The maximum absolute atomic E-state index is 10.7. The molecule has 16 heavy (non-hydrogen) atoms. The van der Waals surface area contributed by atoms with Crippen molar-refractivity contribution in [1.29, 1.82) is 0 Å². The van der Waals surface area contributed by atoms with Gasteiger partial charge in [0.1, 0.15) is 6.16 Å². The molecule has 2 aromatic rings. The molecule has 0 spiro atoms. The smallest absolute Gasteiger partial charge is 0.333 e. The lowest BCUT2D eigenvalue weighted by Gasteiger charge is -1.96. The van der Waals surface area contributed by atoms with Gasteiger partial charge in [-0.25, -0.2) is 0 Å². The predicted octanol–water partition coefficient (Wildman–Crippen LogP) is 0.809. The van der Waals surface area contributed by atoms with Crippen molar-refractivity contribution < 1.29 is 18.9 Å². The zero-order valence-electron chi connectivity index (χ0n) is 8.02. The monoisotopic (exact) mass is 241 g/mol. The van der Waals surface area contributed by atoms with Crippen LogP contribution >= 0.6 is 7.60 Å². The molecule has 0 bridgehead atoms. The van der Waals surface area contributed by atoms with Crippen LogP contribution in [0.3, 0.4) is 0 Å². The summed E-state index contributed by atoms with van der Waals surface area (Å²) in [7, 11) is -4.16. The summed E-state index contributed by atoms with van der Waals surface area (Å²) in [5.74, 6) is 0.200. The lowest BCUT2D eigenvalue weighted by Crippen LogP contribution is -1.89. The summed E-state index contributed by atoms with van der Waals surface area (Å²) in [4.78, 5) is 25.2. The summed E-state index contributed by atoms with van der Waals surface area (Å²) in [5.41, 5.74) is 0.652. The fourth-order valence-corrected chi connectivity index (χ4v) is 1.61. The normalized spacial score (nSPS) is 11.6. The van der Waals surface area contributed by atoms with Crippen LogP contribution in [0.1, 0.15) is 5.82 Å². The van der Waals surface area contributed by atoms with Crippen molar-refractivity contribution in [3.63, 3.8) is 0 Å². The first-order valence-electron chi connectivity index (χ1n) is 4.32. The molecule has 0 saturated heterocycles. The minimum absolute atomic E-state index is 0.0138. The van der Waals surface area contributed by atoms with Crippen molar-refractivity contribution in [3.05, 3.63) is 30.4 Å². The van der Waals surface area contributed by atoms with Crippen molar-refractivity contribution in [2.24, 2.45) is 0 Å². The summed E-state index contributed by atoms with van der Waals surface area (Å²) in [6.45, 7) is 0. The molecule has 0 aliphatic heterocycles. The van der Waals surface area contributed by atoms with Crippen LogP contribution in [-0.4, -0.2) is 24.9 Å². The summed E-state index contributed by atoms with van der Waals surface area (Å²) >= 11 is 0. The first-order valence-corrected chi connectivity index (χ1v) is 6.12. The molecular formula is C8H8N3O4P. The third-order valence-electron chi connectivity index (χ3n) is 1.74. The number of pyridine rings is 1. The van der Waals surface area contributed by atoms with E-state index in [0.29, 0.717) is 5.56 Å². The van der Waals surface area contributed by atoms with E-state index in [4.69, 9.17) is 14.3 Å². The first kappa shape index (κ1) is 10.9. The summed E-state index contributed by atoms with van der Waals surface area (Å²) in [5, 5.41) is 3.48. The third kappa shape index (κ3) is 2.73. The van der Waals surface area contributed by atoms with Gasteiger partial charge in [-0.05, 0) is 12.1 Å². The van der Waals surface area contributed by atoms with Crippen molar-refractivity contribution in [2.45, 2.75) is 6.16 Å². The zero-order chi connectivity index (χ0) is 11.6. The van der Waals surface area contributed by atoms with Gasteiger partial charge < -0.3 is 14.3 Å². The number of hydrogen-bond donors (Lipinski definition) is 2. The van der Waals surface area contributed by atoms with Crippen LogP contribution in [0.4, 0.5) is 0 Å². The van der Waals surface area contributed by atoms with Gasteiger partial charge >= 0.3 is 7.60 Å². The second-order valence-corrected chi connectivity index (χ2v) is 4.72. The van der Waals surface area contributed by atoms with Crippen LogP contribution in [-0.2, 0) is 10.7 Å². The highest BCUT2D eigenvalue weighted by atomic mass is 31.2. The van der Waals surface area contributed by atoms with Crippen molar-refractivity contribution in [1.82, 2.24) is 15.1 Å². The zero-order valence-corrected chi connectivity index (χ0v) is 8.91. The van der Waals surface area contributed by atoms with Gasteiger partial charge in [0, 0.05) is 18.0 Å². The van der Waals surface area contributed by atoms with Crippen LogP contribution in [0.5, 0.6) is 0 Å². The lowest BCUT2D eigenvalue weighted by molar-refractivity contribution is 0.367. The molecule has 7 nitrogen and oxygen atoms in total. The van der Waals surface area contributed by atoms with Gasteiger partial charge in [-0.15, -0.1) is 0 Å². The van der Waals surface area contributed by atoms with Gasteiger partial charge in [-0.3, -0.25) is 9.55 Å². The van der Waals surface area contributed by atoms with E-state index < -0.39 is 13.8 Å². The number of rotatable bonds is 3. The van der Waals surface area contributed by atoms with Crippen molar-refractivity contribution >= 4 is 7.60 Å². The van der Waals surface area contributed by atoms with E-state index in [1.165, 1.54) is 0 Å². The highest BCUT2D eigenvalue weighted by Crippen LogP contribution is 2.38. The molecule has 84 valence electrons. The van der Waals surface area contributed by atoms with E-state index in [1.54, 1.807) is 24.5 Å². The van der Waals surface area contributed by atoms with Gasteiger partial charge in [-0.2, -0.15) is 4.98 Å². The Morgan fingerprint density at radius 1 is 1.31 bits per heavy atom. The summed E-state index contributed by atoms with van der Waals surface area (Å²) < 4.78 is 15.6. The number of hydrogen-bond acceptors (Lipinski definition) is 5. The molecule has 0 fully saturated rings. The molecule has 2 N–H and O–H groups in total. The Hall–Kier alpha value is -1.56. The lowest BCUT2D eigenvalue weighted by atomic mass is 10.3. The first-order chi connectivity index (χ1) is 7.54. The summed E-state index contributed by atoms with van der Waals surface area (Å²) in [6.07, 6.45) is 2.59. The average molecular weight is 241 g/mol. The van der Waals surface area contributed by atoms with Crippen molar-refractivity contribution in [2.75, 3.05) is 0 Å². The largest absolute Gasteiger partial charge is 0.334 e. The second kappa shape index (κ2) is 4.13. The Balaban J connectivity index is 2.24. The van der Waals surface area contributed by atoms with Crippen LogP contribution in [0.25, 0.3) is 11.5 Å². The van der Waals surface area contributed by atoms with E-state index in [0.717, 1.165) is 0 Å². The Kier molecular flexibility index (Phi) is 2.82. The van der Waals surface area contributed by atoms with E-state index >= 15 is 0 Å².